The Morgan fingerprint density at radius 3 is 2.33 bits per heavy atom. The van der Waals surface area contributed by atoms with Gasteiger partial charge in [0.05, 0.1) is 5.60 Å². The quantitative estimate of drug-likeness (QED) is 0.732. The van der Waals surface area contributed by atoms with Gasteiger partial charge in [-0.15, -0.1) is 0 Å². The molecule has 2 fully saturated rings. The lowest BCUT2D eigenvalue weighted by atomic mass is 9.94. The molecule has 0 atom stereocenters. The molecule has 1 aliphatic heterocycles. The second-order valence-electron chi connectivity index (χ2n) is 5.39. The fraction of sp³-hybridized carbons (Fsp3) is 1.00. The third kappa shape index (κ3) is 2.92. The third-order valence-electron chi connectivity index (χ3n) is 4.09. The lowest BCUT2D eigenvalue weighted by Gasteiger charge is -2.36. The topological polar surface area (TPSA) is 49.5 Å². The normalized spacial score (nSPS) is 28.4. The minimum atomic E-state index is -0.366. The Hall–Kier alpha value is -0.120. The highest BCUT2D eigenvalue weighted by Gasteiger charge is 2.33. The molecule has 0 aromatic carbocycles. The van der Waals surface area contributed by atoms with Crippen LogP contribution >= 0.6 is 0 Å². The molecule has 1 aliphatic carbocycles. The van der Waals surface area contributed by atoms with Gasteiger partial charge >= 0.3 is 0 Å². The molecule has 2 aliphatic rings. The molecule has 1 saturated carbocycles. The van der Waals surface area contributed by atoms with Crippen LogP contribution in [0.2, 0.25) is 0 Å². The summed E-state index contributed by atoms with van der Waals surface area (Å²) in [5.41, 5.74) is 5.30. The van der Waals surface area contributed by atoms with Crippen LogP contribution in [-0.2, 0) is 0 Å². The predicted octanol–water partition coefficient (Wildman–Crippen LogP) is 0.962. The minimum absolute atomic E-state index is 0.366. The van der Waals surface area contributed by atoms with E-state index in [0.717, 1.165) is 44.9 Å². The van der Waals surface area contributed by atoms with Crippen molar-refractivity contribution in [2.75, 3.05) is 26.2 Å². The van der Waals surface area contributed by atoms with Crippen molar-refractivity contribution in [2.45, 2.75) is 44.1 Å². The van der Waals surface area contributed by atoms with E-state index in [1.165, 1.54) is 25.7 Å². The highest BCUT2D eigenvalue weighted by Crippen LogP contribution is 2.31. The van der Waals surface area contributed by atoms with Gasteiger partial charge in [-0.25, -0.2) is 0 Å². The van der Waals surface area contributed by atoms with E-state index < -0.39 is 0 Å². The first kappa shape index (κ1) is 11.4. The summed E-state index contributed by atoms with van der Waals surface area (Å²) in [4.78, 5) is 2.43. The summed E-state index contributed by atoms with van der Waals surface area (Å²) in [6.45, 7) is 3.98. The molecular formula is C12H24N2O. The van der Waals surface area contributed by atoms with Gasteiger partial charge in [-0.1, -0.05) is 12.8 Å². The first-order chi connectivity index (χ1) is 7.22. The standard InChI is InChI=1S/C12H24N2O/c13-9-11-3-7-14(8-4-11)10-12(15)5-1-2-6-12/h11,15H,1-10,13H2. The molecule has 0 unspecified atom stereocenters. The molecule has 1 saturated heterocycles. The highest BCUT2D eigenvalue weighted by atomic mass is 16.3. The number of hydrogen-bond donors (Lipinski definition) is 2. The zero-order valence-electron chi connectivity index (χ0n) is 9.62. The Morgan fingerprint density at radius 1 is 1.20 bits per heavy atom. The molecule has 15 heavy (non-hydrogen) atoms. The zero-order valence-corrected chi connectivity index (χ0v) is 9.62. The van der Waals surface area contributed by atoms with Crippen LogP contribution < -0.4 is 5.73 Å². The van der Waals surface area contributed by atoms with Crippen LogP contribution in [0.3, 0.4) is 0 Å². The van der Waals surface area contributed by atoms with Gasteiger partial charge in [0.1, 0.15) is 0 Å². The van der Waals surface area contributed by atoms with Crippen molar-refractivity contribution >= 4 is 0 Å². The number of nitrogens with zero attached hydrogens (tertiary/aromatic N) is 1. The molecule has 3 nitrogen and oxygen atoms in total. The molecule has 0 radical (unpaired) electrons. The van der Waals surface area contributed by atoms with Gasteiger partial charge in [-0.05, 0) is 51.2 Å². The maximum Gasteiger partial charge on any atom is 0.0774 e. The van der Waals surface area contributed by atoms with E-state index in [-0.39, 0.29) is 5.60 Å². The number of β-amino-alcohol motifs (C(OH)–C–C–N with tert-alkyl or cyclic N) is 1. The van der Waals surface area contributed by atoms with E-state index in [1.807, 2.05) is 0 Å². The van der Waals surface area contributed by atoms with Crippen LogP contribution in [0, 0.1) is 5.92 Å². The summed E-state index contributed by atoms with van der Waals surface area (Å²) >= 11 is 0. The van der Waals surface area contributed by atoms with E-state index in [0.29, 0.717) is 0 Å². The average Bonchev–Trinajstić information content (AvgIpc) is 2.66. The molecule has 0 aromatic rings. The van der Waals surface area contributed by atoms with Gasteiger partial charge in [0.25, 0.3) is 0 Å². The minimum Gasteiger partial charge on any atom is -0.389 e. The first-order valence-electron chi connectivity index (χ1n) is 6.37. The molecule has 1 heterocycles. The molecule has 88 valence electrons. The molecular weight excluding hydrogens is 188 g/mol. The maximum atomic E-state index is 10.3. The van der Waals surface area contributed by atoms with Crippen LogP contribution in [-0.4, -0.2) is 41.8 Å². The SMILES string of the molecule is NCC1CCN(CC2(O)CCCC2)CC1. The first-order valence-corrected chi connectivity index (χ1v) is 6.37. The Bertz CT molecular complexity index is 194. The lowest BCUT2D eigenvalue weighted by molar-refractivity contribution is 0.000564. The van der Waals surface area contributed by atoms with E-state index >= 15 is 0 Å². The zero-order chi connectivity index (χ0) is 10.7. The van der Waals surface area contributed by atoms with Gasteiger partial charge in [0.15, 0.2) is 0 Å². The molecule has 0 aromatic heterocycles. The number of rotatable bonds is 3. The lowest BCUT2D eigenvalue weighted by Crippen LogP contribution is -2.45. The van der Waals surface area contributed by atoms with Crippen molar-refractivity contribution in [2.24, 2.45) is 11.7 Å². The van der Waals surface area contributed by atoms with E-state index in [9.17, 15) is 5.11 Å². The Kier molecular flexibility index (Phi) is 3.65. The number of aliphatic hydroxyl groups is 1. The molecule has 0 spiro atoms. The second kappa shape index (κ2) is 4.81. The summed E-state index contributed by atoms with van der Waals surface area (Å²) in [6.07, 6.45) is 6.85. The van der Waals surface area contributed by atoms with Gasteiger partial charge in [-0.3, -0.25) is 0 Å². The van der Waals surface area contributed by atoms with Crippen LogP contribution in [0.5, 0.6) is 0 Å². The van der Waals surface area contributed by atoms with E-state index in [1.54, 1.807) is 0 Å². The van der Waals surface area contributed by atoms with Crippen LogP contribution in [0.1, 0.15) is 38.5 Å². The average molecular weight is 212 g/mol. The number of likely N-dealkylation sites (tertiary alicyclic amines) is 1. The van der Waals surface area contributed by atoms with Crippen LogP contribution in [0.15, 0.2) is 0 Å². The molecule has 3 N–H and O–H groups in total. The van der Waals surface area contributed by atoms with Crippen molar-refractivity contribution in [1.82, 2.24) is 4.90 Å². The summed E-state index contributed by atoms with van der Waals surface area (Å²) in [7, 11) is 0. The Labute approximate surface area is 92.6 Å². The van der Waals surface area contributed by atoms with Crippen molar-refractivity contribution in [3.05, 3.63) is 0 Å². The van der Waals surface area contributed by atoms with Gasteiger partial charge in [0, 0.05) is 6.54 Å². The summed E-state index contributed by atoms with van der Waals surface area (Å²) in [5.74, 6) is 0.722. The fourth-order valence-electron chi connectivity index (χ4n) is 2.99. The van der Waals surface area contributed by atoms with Crippen molar-refractivity contribution in [3.8, 4) is 0 Å². The van der Waals surface area contributed by atoms with Crippen molar-refractivity contribution in [1.29, 1.82) is 0 Å². The summed E-state index contributed by atoms with van der Waals surface area (Å²) < 4.78 is 0. The predicted molar refractivity (Wildman–Crippen MR) is 61.6 cm³/mol. The molecule has 2 rings (SSSR count). The molecule has 0 amide bonds. The summed E-state index contributed by atoms with van der Waals surface area (Å²) in [5, 5.41) is 10.3. The number of nitrogens with two attached hydrogens (primary N) is 1. The van der Waals surface area contributed by atoms with E-state index in [2.05, 4.69) is 4.90 Å². The van der Waals surface area contributed by atoms with E-state index in [4.69, 9.17) is 5.73 Å². The molecule has 3 heteroatoms. The smallest absolute Gasteiger partial charge is 0.0774 e. The fourth-order valence-corrected chi connectivity index (χ4v) is 2.99. The van der Waals surface area contributed by atoms with Gasteiger partial charge in [-0.2, -0.15) is 0 Å². The van der Waals surface area contributed by atoms with Crippen LogP contribution in [0.4, 0.5) is 0 Å². The second-order valence-corrected chi connectivity index (χ2v) is 5.39. The van der Waals surface area contributed by atoms with Gasteiger partial charge < -0.3 is 15.7 Å². The monoisotopic (exact) mass is 212 g/mol. The van der Waals surface area contributed by atoms with Crippen LogP contribution in [0.25, 0.3) is 0 Å². The summed E-state index contributed by atoms with van der Waals surface area (Å²) in [6, 6.07) is 0. The molecule has 0 bridgehead atoms. The maximum absolute atomic E-state index is 10.3. The van der Waals surface area contributed by atoms with Crippen molar-refractivity contribution < 1.29 is 5.11 Å². The largest absolute Gasteiger partial charge is 0.389 e. The number of piperidine rings is 1. The Morgan fingerprint density at radius 2 is 1.80 bits per heavy atom. The number of hydrogen-bond acceptors (Lipinski definition) is 3. The third-order valence-corrected chi connectivity index (χ3v) is 4.09. The highest BCUT2D eigenvalue weighted by molar-refractivity contribution is 4.88. The van der Waals surface area contributed by atoms with Crippen molar-refractivity contribution in [3.63, 3.8) is 0 Å². The van der Waals surface area contributed by atoms with Gasteiger partial charge in [0.2, 0.25) is 0 Å². The Balaban J connectivity index is 1.76.